The Morgan fingerprint density at radius 1 is 0.917 bits per heavy atom. The van der Waals surface area contributed by atoms with Gasteiger partial charge in [-0.05, 0) is 0 Å². The van der Waals surface area contributed by atoms with Crippen LogP contribution in [0.2, 0.25) is 0 Å². The molecule has 0 atom stereocenters. The van der Waals surface area contributed by atoms with E-state index in [1.807, 2.05) is 12.2 Å². The van der Waals surface area contributed by atoms with Gasteiger partial charge in [-0.15, -0.1) is 40.5 Å². The maximum Gasteiger partial charge on any atom is 4.00 e. The third kappa shape index (κ3) is 5.52. The summed E-state index contributed by atoms with van der Waals surface area (Å²) in [7, 11) is 0. The van der Waals surface area contributed by atoms with Crippen molar-refractivity contribution in [1.82, 2.24) is 0 Å². The van der Waals surface area contributed by atoms with E-state index in [1.165, 1.54) is 27.5 Å². The van der Waals surface area contributed by atoms with Gasteiger partial charge in [0.1, 0.15) is 0 Å². The van der Waals surface area contributed by atoms with Gasteiger partial charge >= 0.3 is 26.2 Å². The van der Waals surface area contributed by atoms with Crippen LogP contribution in [0, 0.1) is 13.0 Å². The van der Waals surface area contributed by atoms with Crippen LogP contribution < -0.4 is 24.8 Å². The van der Waals surface area contributed by atoms with Crippen molar-refractivity contribution in [3.8, 4) is 11.1 Å². The Morgan fingerprint density at radius 2 is 1.58 bits per heavy atom. The monoisotopic (exact) mass is 430 g/mol. The molecule has 0 unspecified atom stereocenters. The van der Waals surface area contributed by atoms with Crippen molar-refractivity contribution in [2.75, 3.05) is 0 Å². The molecule has 120 valence electrons. The van der Waals surface area contributed by atoms with Crippen molar-refractivity contribution in [3.05, 3.63) is 90.5 Å². The molecule has 1 aliphatic rings. The molecule has 0 nitrogen and oxygen atoms in total. The van der Waals surface area contributed by atoms with Gasteiger partial charge in [0.25, 0.3) is 0 Å². The van der Waals surface area contributed by atoms with Crippen LogP contribution >= 0.6 is 0 Å². The minimum Gasteiger partial charge on any atom is -1.00 e. The second kappa shape index (κ2) is 11.5. The van der Waals surface area contributed by atoms with Gasteiger partial charge in [0.2, 0.25) is 0 Å². The summed E-state index contributed by atoms with van der Waals surface area (Å²) in [6.45, 7) is 2.20. The standard InChI is InChI=1S/C16H13.C5H5.2ClH.Zr/c1-12-15-10-6-5-9-14(15)11-16(12)13-7-3-2-4-8-13;1-2-4-5-3-1;;;/h2-11H,1H3;1-3H,4H2;2*1H;/q2*-1;;;+4/p-2. The molecule has 0 heterocycles. The Bertz CT molecular complexity index is 776. The van der Waals surface area contributed by atoms with Gasteiger partial charge in [0, 0.05) is 0 Å². The second-order valence-corrected chi connectivity index (χ2v) is 5.14. The molecule has 0 saturated carbocycles. The zero-order valence-corrected chi connectivity index (χ0v) is 17.4. The number of hydrogen-bond acceptors (Lipinski definition) is 0. The van der Waals surface area contributed by atoms with E-state index in [2.05, 4.69) is 79.7 Å². The molecule has 0 N–H and O–H groups in total. The van der Waals surface area contributed by atoms with Gasteiger partial charge in [-0.2, -0.15) is 6.08 Å². The molecule has 4 rings (SSSR count). The third-order valence-corrected chi connectivity index (χ3v) is 3.74. The zero-order valence-electron chi connectivity index (χ0n) is 13.5. The van der Waals surface area contributed by atoms with E-state index in [1.54, 1.807) is 0 Å². The molecule has 0 fully saturated rings. The minimum atomic E-state index is 0. The van der Waals surface area contributed by atoms with Crippen molar-refractivity contribution >= 4 is 10.8 Å². The Labute approximate surface area is 176 Å². The van der Waals surface area contributed by atoms with E-state index in [-0.39, 0.29) is 51.0 Å². The quantitative estimate of drug-likeness (QED) is 0.469. The summed E-state index contributed by atoms with van der Waals surface area (Å²) in [5, 5.41) is 2.69. The van der Waals surface area contributed by atoms with Crippen LogP contribution in [-0.4, -0.2) is 0 Å². The van der Waals surface area contributed by atoms with Crippen LogP contribution in [0.3, 0.4) is 0 Å². The fourth-order valence-electron chi connectivity index (χ4n) is 2.63. The van der Waals surface area contributed by atoms with Crippen LogP contribution in [0.15, 0.2) is 78.9 Å². The molecule has 0 spiro atoms. The summed E-state index contributed by atoms with van der Waals surface area (Å²) < 4.78 is 0. The van der Waals surface area contributed by atoms with Gasteiger partial charge in [-0.1, -0.05) is 61.0 Å². The average Bonchev–Trinajstić information content (AvgIpc) is 3.21. The number of aryl methyl sites for hydroxylation is 1. The summed E-state index contributed by atoms with van der Waals surface area (Å²) in [6, 6.07) is 21.4. The number of hydrogen-bond donors (Lipinski definition) is 0. The molecule has 3 aromatic rings. The van der Waals surface area contributed by atoms with E-state index < -0.39 is 0 Å². The van der Waals surface area contributed by atoms with Crippen LogP contribution in [0.1, 0.15) is 12.0 Å². The van der Waals surface area contributed by atoms with E-state index in [0.717, 1.165) is 6.42 Å². The SMILES string of the molecule is C[c-]1c(-c2ccccc2)cc2ccccc21.[C-]1=CC=CC1.[Cl-].[Cl-].[Zr+4]. The molecule has 0 radical (unpaired) electrons. The van der Waals surface area contributed by atoms with E-state index in [0.29, 0.717) is 0 Å². The van der Waals surface area contributed by atoms with Crippen molar-refractivity contribution in [1.29, 1.82) is 0 Å². The van der Waals surface area contributed by atoms with Crippen molar-refractivity contribution in [2.45, 2.75) is 13.3 Å². The first-order valence-electron chi connectivity index (χ1n) is 7.28. The summed E-state index contributed by atoms with van der Waals surface area (Å²) in [5.41, 5.74) is 4.03. The summed E-state index contributed by atoms with van der Waals surface area (Å²) >= 11 is 0. The molecule has 24 heavy (non-hydrogen) atoms. The van der Waals surface area contributed by atoms with E-state index >= 15 is 0 Å². The van der Waals surface area contributed by atoms with Gasteiger partial charge in [-0.25, -0.2) is 12.2 Å². The van der Waals surface area contributed by atoms with Gasteiger partial charge < -0.3 is 24.8 Å². The largest absolute Gasteiger partial charge is 4.00 e. The van der Waals surface area contributed by atoms with Crippen molar-refractivity contribution < 1.29 is 51.0 Å². The predicted molar refractivity (Wildman–Crippen MR) is 91.3 cm³/mol. The fourth-order valence-corrected chi connectivity index (χ4v) is 2.63. The first-order valence-corrected chi connectivity index (χ1v) is 7.28. The number of halogens is 2. The third-order valence-electron chi connectivity index (χ3n) is 3.74. The Morgan fingerprint density at radius 3 is 2.12 bits per heavy atom. The smallest absolute Gasteiger partial charge is 1.00 e. The fraction of sp³-hybridized carbons (Fsp3) is 0.0952. The van der Waals surface area contributed by atoms with Crippen LogP contribution in [-0.2, 0) is 26.2 Å². The van der Waals surface area contributed by atoms with Gasteiger partial charge in [-0.3, -0.25) is 6.08 Å². The first-order chi connectivity index (χ1) is 10.4. The van der Waals surface area contributed by atoms with E-state index in [4.69, 9.17) is 0 Å². The molecule has 1 aliphatic carbocycles. The van der Waals surface area contributed by atoms with Crippen molar-refractivity contribution in [3.63, 3.8) is 0 Å². The second-order valence-electron chi connectivity index (χ2n) is 5.14. The van der Waals surface area contributed by atoms with Gasteiger partial charge in [0.05, 0.1) is 0 Å². The Kier molecular flexibility index (Phi) is 11.0. The normalized spacial score (nSPS) is 10.9. The van der Waals surface area contributed by atoms with Crippen LogP contribution in [0.5, 0.6) is 0 Å². The molecule has 0 aliphatic heterocycles. The molecule has 3 aromatic carbocycles. The number of benzene rings is 2. The topological polar surface area (TPSA) is 0 Å². The van der Waals surface area contributed by atoms with Crippen molar-refractivity contribution in [2.24, 2.45) is 0 Å². The molecule has 0 saturated heterocycles. The molecular formula is C21H18Cl2Zr. The van der Waals surface area contributed by atoms with Crippen LogP contribution in [0.25, 0.3) is 21.9 Å². The molecule has 0 aromatic heterocycles. The zero-order chi connectivity index (χ0) is 14.5. The number of fused-ring (bicyclic) bond motifs is 1. The Balaban J connectivity index is 0.000000578. The van der Waals surface area contributed by atoms with Crippen LogP contribution in [0.4, 0.5) is 0 Å². The summed E-state index contributed by atoms with van der Waals surface area (Å²) in [5.74, 6) is 0. The predicted octanol–water partition coefficient (Wildman–Crippen LogP) is -0.155. The van der Waals surface area contributed by atoms with Gasteiger partial charge in [0.15, 0.2) is 0 Å². The Hall–Kier alpha value is -1.01. The average molecular weight is 433 g/mol. The molecule has 0 bridgehead atoms. The van der Waals surface area contributed by atoms with E-state index in [9.17, 15) is 0 Å². The maximum absolute atomic E-state index is 2.99. The summed E-state index contributed by atoms with van der Waals surface area (Å²) in [6.07, 6.45) is 10.0. The number of rotatable bonds is 1. The maximum atomic E-state index is 2.99. The molecule has 0 amide bonds. The summed E-state index contributed by atoms with van der Waals surface area (Å²) in [4.78, 5) is 0. The minimum absolute atomic E-state index is 0. The molecular weight excluding hydrogens is 414 g/mol. The molecule has 3 heteroatoms. The first kappa shape index (κ1) is 23.0. The number of allylic oxidation sites excluding steroid dienone is 4.